The molecule has 4 heteroatoms. The van der Waals surface area contributed by atoms with Crippen molar-refractivity contribution in [2.24, 2.45) is 15.7 Å². The van der Waals surface area contributed by atoms with Crippen LogP contribution in [0.5, 0.6) is 0 Å². The van der Waals surface area contributed by atoms with Gasteiger partial charge in [-0.1, -0.05) is 39.0 Å². The van der Waals surface area contributed by atoms with Crippen LogP contribution < -0.4 is 10.6 Å². The number of hydrogen-bond acceptors (Lipinski definition) is 4. The molecule has 2 aromatic carbocycles. The molecule has 0 fully saturated rings. The van der Waals surface area contributed by atoms with Gasteiger partial charge in [0.05, 0.1) is 5.69 Å². The molecular weight excluding hydrogens is 392 g/mol. The van der Waals surface area contributed by atoms with Gasteiger partial charge < -0.3 is 10.6 Å². The molecule has 2 N–H and O–H groups in total. The van der Waals surface area contributed by atoms with Crippen molar-refractivity contribution in [3.63, 3.8) is 0 Å². The van der Waals surface area contributed by atoms with Crippen LogP contribution in [0.3, 0.4) is 0 Å². The van der Waals surface area contributed by atoms with Crippen molar-refractivity contribution in [1.29, 1.82) is 0 Å². The Labute approximate surface area is 194 Å². The van der Waals surface area contributed by atoms with Gasteiger partial charge in [-0.15, -0.1) is 0 Å². The monoisotopic (exact) mass is 430 g/mol. The van der Waals surface area contributed by atoms with Crippen LogP contribution in [0, 0.1) is 6.92 Å². The zero-order chi connectivity index (χ0) is 23.5. The average Bonchev–Trinajstić information content (AvgIpc) is 2.81. The Morgan fingerprint density at radius 3 is 2.41 bits per heavy atom. The van der Waals surface area contributed by atoms with Gasteiger partial charge in [0.1, 0.15) is 0 Å². The first-order chi connectivity index (χ1) is 15.5. The molecule has 0 atom stereocenters. The molecule has 32 heavy (non-hydrogen) atoms. The summed E-state index contributed by atoms with van der Waals surface area (Å²) >= 11 is 0. The van der Waals surface area contributed by atoms with Gasteiger partial charge in [0.2, 0.25) is 0 Å². The first kappa shape index (κ1) is 25.3. The number of nitrogens with two attached hydrogens (primary N) is 1. The van der Waals surface area contributed by atoms with Crippen molar-refractivity contribution in [2.75, 3.05) is 18.5 Å². The Bertz CT molecular complexity index is 976. The smallest absolute Gasteiger partial charge is 0.0660 e. The fraction of sp³-hybridized carbons (Fsp3) is 0.357. The fourth-order valence-electron chi connectivity index (χ4n) is 3.60. The largest absolute Gasteiger partial charge is 0.341 e. The van der Waals surface area contributed by atoms with E-state index in [1.807, 2.05) is 19.2 Å². The van der Waals surface area contributed by atoms with E-state index < -0.39 is 0 Å². The Hall–Kier alpha value is -2.98. The lowest BCUT2D eigenvalue weighted by molar-refractivity contribution is 0.784. The number of allylic oxidation sites excluding steroid dienone is 3. The minimum atomic E-state index is 0.552. The number of aliphatic imine (C=N–C) groups is 2. The summed E-state index contributed by atoms with van der Waals surface area (Å²) in [6.07, 6.45) is 8.87. The molecule has 0 aliphatic rings. The Morgan fingerprint density at radius 1 is 1.06 bits per heavy atom. The lowest BCUT2D eigenvalue weighted by Gasteiger charge is -2.27. The summed E-state index contributed by atoms with van der Waals surface area (Å²) < 4.78 is 0. The maximum absolute atomic E-state index is 5.98. The van der Waals surface area contributed by atoms with E-state index >= 15 is 0 Å². The Morgan fingerprint density at radius 2 is 1.81 bits per heavy atom. The summed E-state index contributed by atoms with van der Waals surface area (Å²) in [5.74, 6) is 0. The number of aryl methyl sites for hydroxylation is 2. The van der Waals surface area contributed by atoms with E-state index in [2.05, 4.69) is 78.6 Å². The van der Waals surface area contributed by atoms with Gasteiger partial charge in [0, 0.05) is 43.9 Å². The Kier molecular flexibility index (Phi) is 10.1. The second-order valence-corrected chi connectivity index (χ2v) is 7.96. The standard InChI is InChI=1S/C28H38N4/c1-7-10-13-32(27-16-23(8-2)15-24(17-27)18-29)26-11-12-28(21(4)14-26)31-19-22(5)25(9-3)20-30-6/h9,11-12,14-17,19-20H,5,7-8,10,13,18,29H2,1-4,6H3/b25-9+,30-20?,31-19?. The third-order valence-corrected chi connectivity index (χ3v) is 5.53. The lowest BCUT2D eigenvalue weighted by Crippen LogP contribution is -2.19. The second kappa shape index (κ2) is 12.8. The number of anilines is 2. The Balaban J connectivity index is 2.38. The van der Waals surface area contributed by atoms with Crippen LogP contribution in [0.4, 0.5) is 17.1 Å². The van der Waals surface area contributed by atoms with Gasteiger partial charge in [0.15, 0.2) is 0 Å². The van der Waals surface area contributed by atoms with Crippen LogP contribution >= 0.6 is 0 Å². The maximum atomic E-state index is 5.98. The van der Waals surface area contributed by atoms with Gasteiger partial charge >= 0.3 is 0 Å². The second-order valence-electron chi connectivity index (χ2n) is 7.96. The van der Waals surface area contributed by atoms with E-state index in [0.717, 1.165) is 48.2 Å². The van der Waals surface area contributed by atoms with Crippen molar-refractivity contribution in [3.05, 3.63) is 76.9 Å². The maximum Gasteiger partial charge on any atom is 0.0660 e. The molecule has 0 aliphatic heterocycles. The van der Waals surface area contributed by atoms with Crippen LogP contribution in [0.1, 0.15) is 50.3 Å². The zero-order valence-electron chi connectivity index (χ0n) is 20.4. The van der Waals surface area contributed by atoms with Gasteiger partial charge in [-0.25, -0.2) is 0 Å². The lowest BCUT2D eigenvalue weighted by atomic mass is 10.0. The summed E-state index contributed by atoms with van der Waals surface area (Å²) in [7, 11) is 1.76. The van der Waals surface area contributed by atoms with Gasteiger partial charge in [-0.3, -0.25) is 9.98 Å². The highest BCUT2D eigenvalue weighted by Crippen LogP contribution is 2.32. The number of hydrogen-bond donors (Lipinski definition) is 1. The summed E-state index contributed by atoms with van der Waals surface area (Å²) in [5, 5.41) is 0. The fourth-order valence-corrected chi connectivity index (χ4v) is 3.60. The normalized spacial score (nSPS) is 12.1. The van der Waals surface area contributed by atoms with Crippen LogP contribution in [0.25, 0.3) is 0 Å². The highest BCUT2D eigenvalue weighted by atomic mass is 15.1. The predicted octanol–water partition coefficient (Wildman–Crippen LogP) is 6.86. The molecule has 170 valence electrons. The highest BCUT2D eigenvalue weighted by Gasteiger charge is 2.12. The molecule has 0 radical (unpaired) electrons. The first-order valence-electron chi connectivity index (χ1n) is 11.5. The topological polar surface area (TPSA) is 54.0 Å². The van der Waals surface area contributed by atoms with Gasteiger partial charge in [0.25, 0.3) is 0 Å². The minimum Gasteiger partial charge on any atom is -0.341 e. The average molecular weight is 431 g/mol. The molecule has 0 spiro atoms. The zero-order valence-corrected chi connectivity index (χ0v) is 20.4. The molecule has 2 aromatic rings. The van der Waals surface area contributed by atoms with Crippen molar-refractivity contribution >= 4 is 29.5 Å². The summed E-state index contributed by atoms with van der Waals surface area (Å²) in [6.45, 7) is 14.1. The molecule has 0 unspecified atom stereocenters. The SMILES string of the molecule is C=C(C=Nc1ccc(N(CCCC)c2cc(CC)cc(CN)c2)cc1C)/C(C=NC)=C/C. The number of nitrogens with zero attached hydrogens (tertiary/aromatic N) is 3. The number of unbranched alkanes of at least 4 members (excludes halogenated alkanes) is 1. The number of benzene rings is 2. The molecule has 0 saturated carbocycles. The molecular formula is C28H38N4. The molecule has 0 amide bonds. The minimum absolute atomic E-state index is 0.552. The van der Waals surface area contributed by atoms with E-state index in [0.29, 0.717) is 6.54 Å². The predicted molar refractivity (Wildman–Crippen MR) is 142 cm³/mol. The van der Waals surface area contributed by atoms with Crippen LogP contribution in [-0.4, -0.2) is 26.0 Å². The van der Waals surface area contributed by atoms with E-state index in [4.69, 9.17) is 5.73 Å². The van der Waals surface area contributed by atoms with Crippen LogP contribution in [-0.2, 0) is 13.0 Å². The molecule has 0 saturated heterocycles. The van der Waals surface area contributed by atoms with Crippen LogP contribution in [0.15, 0.2) is 70.2 Å². The third-order valence-electron chi connectivity index (χ3n) is 5.53. The van der Waals surface area contributed by atoms with Crippen molar-refractivity contribution in [3.8, 4) is 0 Å². The van der Waals surface area contributed by atoms with E-state index in [1.54, 1.807) is 13.3 Å². The first-order valence-corrected chi connectivity index (χ1v) is 11.5. The van der Waals surface area contributed by atoms with E-state index in [-0.39, 0.29) is 0 Å². The van der Waals surface area contributed by atoms with Crippen molar-refractivity contribution in [2.45, 2.75) is 53.5 Å². The van der Waals surface area contributed by atoms with Gasteiger partial charge in [-0.2, -0.15) is 0 Å². The third kappa shape index (κ3) is 6.76. The van der Waals surface area contributed by atoms with E-state index in [9.17, 15) is 0 Å². The molecule has 2 rings (SSSR count). The van der Waals surface area contributed by atoms with Crippen molar-refractivity contribution < 1.29 is 0 Å². The molecule has 0 bridgehead atoms. The quantitative estimate of drug-likeness (QED) is 0.313. The van der Waals surface area contributed by atoms with E-state index in [1.165, 1.54) is 22.5 Å². The highest BCUT2D eigenvalue weighted by molar-refractivity contribution is 5.98. The molecule has 0 aromatic heterocycles. The van der Waals surface area contributed by atoms with Gasteiger partial charge in [-0.05, 0) is 84.9 Å². The molecule has 4 nitrogen and oxygen atoms in total. The number of rotatable bonds is 11. The summed E-state index contributed by atoms with van der Waals surface area (Å²) in [5.41, 5.74) is 14.7. The summed E-state index contributed by atoms with van der Waals surface area (Å²) in [4.78, 5) is 11.2. The van der Waals surface area contributed by atoms with Crippen LogP contribution in [0.2, 0.25) is 0 Å². The molecule has 0 heterocycles. The van der Waals surface area contributed by atoms with Crippen molar-refractivity contribution in [1.82, 2.24) is 0 Å². The summed E-state index contributed by atoms with van der Waals surface area (Å²) in [6, 6.07) is 13.2. The molecule has 0 aliphatic carbocycles.